The van der Waals surface area contributed by atoms with Crippen molar-refractivity contribution in [3.63, 3.8) is 0 Å². The molecule has 0 amide bonds. The van der Waals surface area contributed by atoms with E-state index < -0.39 is 5.51 Å². The van der Waals surface area contributed by atoms with Crippen LogP contribution in [0.5, 0.6) is 0 Å². The monoisotopic (exact) mass is 578 g/mol. The molecule has 0 atom stereocenters. The predicted octanol–water partition coefficient (Wildman–Crippen LogP) is 5.38. The molecule has 0 saturated carbocycles. The van der Waals surface area contributed by atoms with E-state index in [1.165, 1.54) is 34.3 Å². The van der Waals surface area contributed by atoms with Gasteiger partial charge in [-0.15, -0.1) is 11.3 Å². The lowest BCUT2D eigenvalue weighted by atomic mass is 10.2. The molecule has 0 spiro atoms. The smallest absolute Gasteiger partial charge is 0.337 e. The number of thiazole rings is 2. The molecule has 4 nitrogen and oxygen atoms in total. The summed E-state index contributed by atoms with van der Waals surface area (Å²) in [5, 5.41) is 3.68. The third-order valence-electron chi connectivity index (χ3n) is 5.91. The van der Waals surface area contributed by atoms with Crippen LogP contribution >= 0.6 is 46.2 Å². The average Bonchev–Trinajstić information content (AvgIpc) is 3.50. The largest absolute Gasteiger partial charge is 0.446 e. The number of alkyl halides is 3. The first kappa shape index (κ1) is 26.1. The second-order valence-corrected chi connectivity index (χ2v) is 12.5. The highest BCUT2D eigenvalue weighted by Gasteiger charge is 2.31. The number of hydrogen-bond donors (Lipinski definition) is 0. The minimum atomic E-state index is -4.35. The zero-order chi connectivity index (χ0) is 26.3. The summed E-state index contributed by atoms with van der Waals surface area (Å²) in [5.41, 5.74) is -1.54. The van der Waals surface area contributed by atoms with Crippen molar-refractivity contribution in [2.75, 3.05) is 11.9 Å². The number of thioether (sulfide) groups is 2. The number of halogens is 3. The van der Waals surface area contributed by atoms with Crippen LogP contribution in [0, 0.1) is 6.92 Å². The zero-order valence-electron chi connectivity index (χ0n) is 20.2. The van der Waals surface area contributed by atoms with Crippen molar-refractivity contribution >= 4 is 63.0 Å². The normalized spacial score (nSPS) is 15.5. The average molecular weight is 579 g/mol. The Hall–Kier alpha value is -2.47. The molecule has 5 rings (SSSR count). The number of rotatable bonds is 5. The molecular weight excluding hydrogens is 556 g/mol. The van der Waals surface area contributed by atoms with Crippen LogP contribution in [0.15, 0.2) is 68.6 Å². The Morgan fingerprint density at radius 1 is 1.16 bits per heavy atom. The van der Waals surface area contributed by atoms with Crippen LogP contribution in [-0.2, 0) is 13.1 Å². The number of aromatic nitrogens is 2. The molecule has 0 unspecified atom stereocenters. The van der Waals surface area contributed by atoms with Gasteiger partial charge in [-0.1, -0.05) is 47.4 Å². The van der Waals surface area contributed by atoms with Crippen LogP contribution in [0.4, 0.5) is 18.9 Å². The summed E-state index contributed by atoms with van der Waals surface area (Å²) in [5.74, 6) is 0. The van der Waals surface area contributed by atoms with Crippen molar-refractivity contribution < 1.29 is 17.7 Å². The van der Waals surface area contributed by atoms with Gasteiger partial charge in [-0.3, -0.25) is 9.36 Å². The number of fused-ring (bicyclic) bond motifs is 1. The van der Waals surface area contributed by atoms with Crippen molar-refractivity contribution in [2.45, 2.75) is 42.2 Å². The van der Waals surface area contributed by atoms with Crippen LogP contribution in [0.2, 0.25) is 0 Å². The summed E-state index contributed by atoms with van der Waals surface area (Å²) in [6.45, 7) is 4.81. The molecule has 0 aliphatic carbocycles. The van der Waals surface area contributed by atoms with Gasteiger partial charge in [-0.25, -0.2) is 0 Å². The zero-order valence-corrected chi connectivity index (χ0v) is 23.5. The Morgan fingerprint density at radius 2 is 1.95 bits per heavy atom. The molecule has 0 saturated heterocycles. The quantitative estimate of drug-likeness (QED) is 0.235. The van der Waals surface area contributed by atoms with Gasteiger partial charge in [0, 0.05) is 28.9 Å². The van der Waals surface area contributed by atoms with Crippen LogP contribution < -0.4 is 24.2 Å². The first-order valence-corrected chi connectivity index (χ1v) is 14.8. The fourth-order valence-electron chi connectivity index (χ4n) is 4.14. The Kier molecular flexibility index (Phi) is 7.32. The SMILES string of the molecule is CCn1c(=O)/c(=C2\Sc3cc(C)ccc3N2C)s/c1=C\c1scc[n+]1Cc1ccccc1SC(F)(F)F. The summed E-state index contributed by atoms with van der Waals surface area (Å²) in [6, 6.07) is 12.9. The second-order valence-electron chi connectivity index (χ2n) is 8.43. The highest BCUT2D eigenvalue weighted by Crippen LogP contribution is 2.45. The Morgan fingerprint density at radius 3 is 2.70 bits per heavy atom. The number of hydrogen-bond acceptors (Lipinski definition) is 6. The standard InChI is InChI=1S/C26H23F3N3OS4/c1-4-32-22(36-23(24(32)33)25-30(3)18-10-9-16(2)13-20(18)35-25)14-21-31(11-12-34-21)15-17-7-5-6-8-19(17)37-26(27,28)29/h5-14H,4,15H2,1-3H3/q+1/b25-23+. The minimum absolute atomic E-state index is 0.0346. The van der Waals surface area contributed by atoms with Gasteiger partial charge in [0.2, 0.25) is 0 Å². The molecule has 2 aromatic carbocycles. The van der Waals surface area contributed by atoms with Crippen LogP contribution in [0.25, 0.3) is 11.1 Å². The van der Waals surface area contributed by atoms with E-state index in [0.717, 1.165) is 25.3 Å². The van der Waals surface area contributed by atoms with Crippen LogP contribution in [0.1, 0.15) is 23.1 Å². The molecule has 0 fully saturated rings. The maximum atomic E-state index is 13.4. The molecule has 1 aliphatic rings. The highest BCUT2D eigenvalue weighted by molar-refractivity contribution is 8.08. The fraction of sp³-hybridized carbons (Fsp3) is 0.231. The van der Waals surface area contributed by atoms with E-state index in [1.54, 1.807) is 34.5 Å². The van der Waals surface area contributed by atoms with Gasteiger partial charge < -0.3 is 4.90 Å². The molecule has 37 heavy (non-hydrogen) atoms. The molecule has 0 N–H and O–H groups in total. The Bertz CT molecular complexity index is 1650. The maximum Gasteiger partial charge on any atom is 0.446 e. The van der Waals surface area contributed by atoms with Gasteiger partial charge >= 0.3 is 5.51 Å². The van der Waals surface area contributed by atoms with Gasteiger partial charge in [0.1, 0.15) is 14.2 Å². The molecular formula is C26H23F3N3OS4+. The maximum absolute atomic E-state index is 13.4. The predicted molar refractivity (Wildman–Crippen MR) is 148 cm³/mol. The van der Waals surface area contributed by atoms with E-state index in [4.69, 9.17) is 0 Å². The van der Waals surface area contributed by atoms with Crippen LogP contribution in [0.3, 0.4) is 0 Å². The molecule has 192 valence electrons. The van der Waals surface area contributed by atoms with E-state index in [-0.39, 0.29) is 22.2 Å². The summed E-state index contributed by atoms with van der Waals surface area (Å²) >= 11 is 4.45. The Balaban J connectivity index is 1.56. The fourth-order valence-corrected chi connectivity index (χ4v) is 8.21. The third kappa shape index (κ3) is 5.41. The number of anilines is 1. The summed E-state index contributed by atoms with van der Waals surface area (Å²) in [7, 11) is 1.98. The van der Waals surface area contributed by atoms with E-state index >= 15 is 0 Å². The summed E-state index contributed by atoms with van der Waals surface area (Å²) in [6.07, 6.45) is 3.82. The second kappa shape index (κ2) is 10.4. The summed E-state index contributed by atoms with van der Waals surface area (Å²) < 4.78 is 44.4. The van der Waals surface area contributed by atoms with Gasteiger partial charge in [0.25, 0.3) is 10.6 Å². The molecule has 3 heterocycles. The van der Waals surface area contributed by atoms with Crippen molar-refractivity contribution in [1.29, 1.82) is 0 Å². The van der Waals surface area contributed by atoms with Crippen molar-refractivity contribution in [3.05, 3.63) is 89.7 Å². The van der Waals surface area contributed by atoms with Gasteiger partial charge in [0.15, 0.2) is 12.7 Å². The molecule has 0 radical (unpaired) electrons. The first-order valence-electron chi connectivity index (χ1n) is 11.4. The lowest BCUT2D eigenvalue weighted by molar-refractivity contribution is -0.685. The van der Waals surface area contributed by atoms with E-state index in [1.807, 2.05) is 36.2 Å². The topological polar surface area (TPSA) is 29.1 Å². The first-order chi connectivity index (χ1) is 17.6. The third-order valence-corrected chi connectivity index (χ3v) is 10.1. The van der Waals surface area contributed by atoms with Gasteiger partial charge in [0.05, 0.1) is 17.1 Å². The van der Waals surface area contributed by atoms with Crippen molar-refractivity contribution in [2.24, 2.45) is 0 Å². The van der Waals surface area contributed by atoms with Crippen LogP contribution in [-0.4, -0.2) is 17.1 Å². The van der Waals surface area contributed by atoms with Crippen molar-refractivity contribution in [1.82, 2.24) is 4.57 Å². The molecule has 2 aromatic heterocycles. The lowest BCUT2D eigenvalue weighted by Gasteiger charge is -2.12. The minimum Gasteiger partial charge on any atom is -0.337 e. The number of nitrogens with zero attached hydrogens (tertiary/aromatic N) is 3. The van der Waals surface area contributed by atoms with Gasteiger partial charge in [-0.05, 0) is 49.4 Å². The van der Waals surface area contributed by atoms with E-state index in [9.17, 15) is 18.0 Å². The molecule has 11 heteroatoms. The Labute approximate surface area is 228 Å². The molecule has 1 aliphatic heterocycles. The van der Waals surface area contributed by atoms with E-state index in [2.05, 4.69) is 30.0 Å². The molecule has 0 bridgehead atoms. The summed E-state index contributed by atoms with van der Waals surface area (Å²) in [4.78, 5) is 16.8. The number of benzene rings is 2. The van der Waals surface area contributed by atoms with Gasteiger partial charge in [-0.2, -0.15) is 17.7 Å². The molecule has 4 aromatic rings. The highest BCUT2D eigenvalue weighted by atomic mass is 32.2. The lowest BCUT2D eigenvalue weighted by Crippen LogP contribution is -2.36. The van der Waals surface area contributed by atoms with Crippen molar-refractivity contribution in [3.8, 4) is 0 Å². The van der Waals surface area contributed by atoms with E-state index in [0.29, 0.717) is 23.2 Å². The number of aryl methyl sites for hydroxylation is 1.